The number of hydrogen-bond donors (Lipinski definition) is 1. The van der Waals surface area contributed by atoms with Gasteiger partial charge in [-0.05, 0) is 36.2 Å². The van der Waals surface area contributed by atoms with Crippen LogP contribution in [0.4, 0.5) is 8.78 Å². The van der Waals surface area contributed by atoms with E-state index in [2.05, 4.69) is 5.32 Å². The van der Waals surface area contributed by atoms with Crippen molar-refractivity contribution in [1.29, 1.82) is 0 Å². The van der Waals surface area contributed by atoms with Crippen molar-refractivity contribution in [3.63, 3.8) is 0 Å². The first kappa shape index (κ1) is 14.9. The standard InChI is InChI=1S/C16H16ClF2N/c1-2-8-20-16(11-6-4-3-5-7-11)12-9-14(18)15(19)10-13(12)17/h3-7,9-10,16,20H,2,8H2,1H3. The molecule has 1 N–H and O–H groups in total. The molecular formula is C16H16ClF2N. The molecule has 0 saturated heterocycles. The Hall–Kier alpha value is -1.45. The normalized spacial score (nSPS) is 12.4. The fourth-order valence-electron chi connectivity index (χ4n) is 2.10. The van der Waals surface area contributed by atoms with Crippen molar-refractivity contribution in [3.05, 3.63) is 70.2 Å². The summed E-state index contributed by atoms with van der Waals surface area (Å²) in [6, 6.07) is 11.5. The van der Waals surface area contributed by atoms with Gasteiger partial charge in [0.2, 0.25) is 0 Å². The van der Waals surface area contributed by atoms with Crippen LogP contribution in [0.15, 0.2) is 42.5 Å². The van der Waals surface area contributed by atoms with Gasteiger partial charge >= 0.3 is 0 Å². The van der Waals surface area contributed by atoms with Crippen molar-refractivity contribution < 1.29 is 8.78 Å². The lowest BCUT2D eigenvalue weighted by Gasteiger charge is -2.21. The molecule has 0 aliphatic rings. The lowest BCUT2D eigenvalue weighted by molar-refractivity contribution is 0.503. The molecule has 0 aliphatic carbocycles. The first-order chi connectivity index (χ1) is 9.63. The van der Waals surface area contributed by atoms with Crippen LogP contribution in [-0.2, 0) is 0 Å². The topological polar surface area (TPSA) is 12.0 Å². The molecule has 0 aliphatic heterocycles. The summed E-state index contributed by atoms with van der Waals surface area (Å²) in [5.41, 5.74) is 1.51. The average molecular weight is 296 g/mol. The monoisotopic (exact) mass is 295 g/mol. The highest BCUT2D eigenvalue weighted by molar-refractivity contribution is 6.31. The zero-order chi connectivity index (χ0) is 14.5. The molecule has 0 saturated carbocycles. The zero-order valence-electron chi connectivity index (χ0n) is 11.2. The highest BCUT2D eigenvalue weighted by atomic mass is 35.5. The number of rotatable bonds is 5. The summed E-state index contributed by atoms with van der Waals surface area (Å²) in [7, 11) is 0. The van der Waals surface area contributed by atoms with E-state index < -0.39 is 11.6 Å². The van der Waals surface area contributed by atoms with E-state index in [1.165, 1.54) is 0 Å². The van der Waals surface area contributed by atoms with Gasteiger partial charge in [-0.3, -0.25) is 0 Å². The second-order valence-electron chi connectivity index (χ2n) is 4.59. The van der Waals surface area contributed by atoms with Gasteiger partial charge in [-0.25, -0.2) is 8.78 Å². The molecule has 2 aromatic rings. The minimum Gasteiger partial charge on any atom is -0.306 e. The maximum Gasteiger partial charge on any atom is 0.160 e. The summed E-state index contributed by atoms with van der Waals surface area (Å²) in [5, 5.41) is 3.54. The average Bonchev–Trinajstić information content (AvgIpc) is 2.45. The second kappa shape index (κ2) is 6.82. The van der Waals surface area contributed by atoms with Gasteiger partial charge in [0.25, 0.3) is 0 Å². The Labute approximate surface area is 122 Å². The maximum atomic E-state index is 13.5. The van der Waals surface area contributed by atoms with E-state index >= 15 is 0 Å². The minimum absolute atomic E-state index is 0.223. The van der Waals surface area contributed by atoms with Crippen LogP contribution >= 0.6 is 11.6 Å². The van der Waals surface area contributed by atoms with Crippen molar-refractivity contribution in [1.82, 2.24) is 5.32 Å². The fourth-order valence-corrected chi connectivity index (χ4v) is 2.36. The third-order valence-electron chi connectivity index (χ3n) is 3.08. The van der Waals surface area contributed by atoms with Gasteiger partial charge in [0.15, 0.2) is 11.6 Å². The van der Waals surface area contributed by atoms with Crippen molar-refractivity contribution in [2.45, 2.75) is 19.4 Å². The zero-order valence-corrected chi connectivity index (χ0v) is 11.9. The first-order valence-corrected chi connectivity index (χ1v) is 6.94. The van der Waals surface area contributed by atoms with Gasteiger partial charge in [-0.1, -0.05) is 48.9 Å². The molecular weight excluding hydrogens is 280 g/mol. The van der Waals surface area contributed by atoms with Crippen LogP contribution in [0.1, 0.15) is 30.5 Å². The summed E-state index contributed by atoms with van der Waals surface area (Å²) in [5.74, 6) is -1.82. The largest absolute Gasteiger partial charge is 0.306 e. The smallest absolute Gasteiger partial charge is 0.160 e. The van der Waals surface area contributed by atoms with E-state index in [4.69, 9.17) is 11.6 Å². The minimum atomic E-state index is -0.930. The Morgan fingerprint density at radius 1 is 1.10 bits per heavy atom. The lowest BCUT2D eigenvalue weighted by atomic mass is 9.98. The van der Waals surface area contributed by atoms with Crippen LogP contribution < -0.4 is 5.32 Å². The fraction of sp³-hybridized carbons (Fsp3) is 0.250. The molecule has 2 aromatic carbocycles. The van der Waals surface area contributed by atoms with E-state index in [1.54, 1.807) is 0 Å². The van der Waals surface area contributed by atoms with Crippen LogP contribution in [0, 0.1) is 11.6 Å². The highest BCUT2D eigenvalue weighted by Crippen LogP contribution is 2.30. The number of nitrogens with one attached hydrogen (secondary N) is 1. The van der Waals surface area contributed by atoms with Crippen molar-refractivity contribution in [3.8, 4) is 0 Å². The van der Waals surface area contributed by atoms with Gasteiger partial charge < -0.3 is 5.32 Å². The predicted octanol–water partition coefficient (Wildman–Crippen LogP) is 4.71. The second-order valence-corrected chi connectivity index (χ2v) is 4.99. The molecule has 0 amide bonds. The molecule has 0 bridgehead atoms. The van der Waals surface area contributed by atoms with Crippen molar-refractivity contribution in [2.75, 3.05) is 6.54 Å². The Bertz CT molecular complexity index is 572. The van der Waals surface area contributed by atoms with Crippen molar-refractivity contribution >= 4 is 11.6 Å². The molecule has 1 unspecified atom stereocenters. The summed E-state index contributed by atoms with van der Waals surface area (Å²) in [6.07, 6.45) is 0.935. The predicted molar refractivity (Wildman–Crippen MR) is 77.9 cm³/mol. The van der Waals surface area contributed by atoms with Gasteiger partial charge in [0.05, 0.1) is 6.04 Å². The van der Waals surface area contributed by atoms with Crippen molar-refractivity contribution in [2.24, 2.45) is 0 Å². The lowest BCUT2D eigenvalue weighted by Crippen LogP contribution is -2.23. The van der Waals surface area contributed by atoms with Crippen LogP contribution in [-0.4, -0.2) is 6.54 Å². The molecule has 0 heterocycles. The number of hydrogen-bond acceptors (Lipinski definition) is 1. The SMILES string of the molecule is CCCNC(c1ccccc1)c1cc(F)c(F)cc1Cl. The molecule has 106 valence electrons. The van der Waals surface area contributed by atoms with E-state index in [1.807, 2.05) is 37.3 Å². The quantitative estimate of drug-likeness (QED) is 0.788. The van der Waals surface area contributed by atoms with E-state index in [9.17, 15) is 8.78 Å². The van der Waals surface area contributed by atoms with Crippen LogP contribution in [0.25, 0.3) is 0 Å². The summed E-state index contributed by atoms with van der Waals surface area (Å²) < 4.78 is 26.7. The van der Waals surface area contributed by atoms with Crippen LogP contribution in [0.5, 0.6) is 0 Å². The van der Waals surface area contributed by atoms with Crippen LogP contribution in [0.3, 0.4) is 0 Å². The molecule has 0 radical (unpaired) electrons. The van der Waals surface area contributed by atoms with Gasteiger partial charge in [-0.15, -0.1) is 0 Å². The number of benzene rings is 2. The molecule has 2 rings (SSSR count). The van der Waals surface area contributed by atoms with E-state index in [-0.39, 0.29) is 11.1 Å². The van der Waals surface area contributed by atoms with Gasteiger partial charge in [0.1, 0.15) is 0 Å². The molecule has 0 spiro atoms. The first-order valence-electron chi connectivity index (χ1n) is 6.56. The summed E-state index contributed by atoms with van der Waals surface area (Å²) in [6.45, 7) is 2.80. The Morgan fingerprint density at radius 3 is 2.40 bits per heavy atom. The third kappa shape index (κ3) is 3.35. The Kier molecular flexibility index (Phi) is 5.10. The molecule has 4 heteroatoms. The van der Waals surface area contributed by atoms with Crippen LogP contribution in [0.2, 0.25) is 5.02 Å². The molecule has 0 fully saturated rings. The van der Waals surface area contributed by atoms with E-state index in [0.29, 0.717) is 5.56 Å². The number of halogens is 3. The molecule has 0 aromatic heterocycles. The van der Waals surface area contributed by atoms with Gasteiger partial charge in [-0.2, -0.15) is 0 Å². The molecule has 20 heavy (non-hydrogen) atoms. The van der Waals surface area contributed by atoms with Gasteiger partial charge in [0, 0.05) is 5.02 Å². The Morgan fingerprint density at radius 2 is 1.75 bits per heavy atom. The third-order valence-corrected chi connectivity index (χ3v) is 3.41. The molecule has 1 atom stereocenters. The maximum absolute atomic E-state index is 13.5. The van der Waals surface area contributed by atoms with E-state index in [0.717, 1.165) is 30.7 Å². The highest BCUT2D eigenvalue weighted by Gasteiger charge is 2.18. The molecule has 1 nitrogen and oxygen atoms in total. The summed E-state index contributed by atoms with van der Waals surface area (Å²) >= 11 is 6.08. The Balaban J connectivity index is 2.44. The summed E-state index contributed by atoms with van der Waals surface area (Å²) in [4.78, 5) is 0.